The number of hydrogen-bond donors (Lipinski definition) is 2. The number of benzene rings is 1. The lowest BCUT2D eigenvalue weighted by Gasteiger charge is -2.06. The average Bonchev–Trinajstić information content (AvgIpc) is 2.01. The van der Waals surface area contributed by atoms with Gasteiger partial charge < -0.3 is 10.0 Å². The normalized spacial score (nSPS) is 10.0. The van der Waals surface area contributed by atoms with Gasteiger partial charge in [-0.15, -0.1) is 0 Å². The number of hydrogen-bond acceptors (Lipinski definition) is 3. The maximum Gasteiger partial charge on any atom is 0.488 e. The Morgan fingerprint density at radius 1 is 1.43 bits per heavy atom. The number of ketones is 1. The molecule has 74 valence electrons. The molecule has 0 bridgehead atoms. The summed E-state index contributed by atoms with van der Waals surface area (Å²) in [5, 5.41) is 17.9. The second-order valence-corrected chi connectivity index (χ2v) is 3.44. The molecule has 0 atom stereocenters. The van der Waals surface area contributed by atoms with Gasteiger partial charge in [-0.3, -0.25) is 4.79 Å². The lowest BCUT2D eigenvalue weighted by molar-refractivity contribution is -0.116. The molecule has 2 N–H and O–H groups in total. The van der Waals surface area contributed by atoms with Crippen molar-refractivity contribution in [2.45, 2.75) is 20.3 Å². The van der Waals surface area contributed by atoms with Gasteiger partial charge in [0.25, 0.3) is 0 Å². The molecule has 3 nitrogen and oxygen atoms in total. The largest absolute Gasteiger partial charge is 0.488 e. The van der Waals surface area contributed by atoms with E-state index in [1.807, 2.05) is 0 Å². The first-order valence-electron chi connectivity index (χ1n) is 4.45. The predicted molar refractivity (Wildman–Crippen MR) is 55.4 cm³/mol. The summed E-state index contributed by atoms with van der Waals surface area (Å²) < 4.78 is 0. The van der Waals surface area contributed by atoms with Crippen LogP contribution >= 0.6 is 0 Å². The Morgan fingerprint density at radius 2 is 2.07 bits per heavy atom. The summed E-state index contributed by atoms with van der Waals surface area (Å²) in [6.07, 6.45) is 0.392. The van der Waals surface area contributed by atoms with Crippen LogP contribution in [0.25, 0.3) is 0 Å². The highest BCUT2D eigenvalue weighted by atomic mass is 16.4. The van der Waals surface area contributed by atoms with Crippen LogP contribution in [0.15, 0.2) is 18.2 Å². The van der Waals surface area contributed by atoms with Crippen LogP contribution in [-0.4, -0.2) is 22.9 Å². The van der Waals surface area contributed by atoms with E-state index in [1.165, 1.54) is 6.92 Å². The van der Waals surface area contributed by atoms with E-state index in [1.54, 1.807) is 25.1 Å². The summed E-state index contributed by atoms with van der Waals surface area (Å²) in [6.45, 7) is 3.32. The molecular weight excluding hydrogens is 179 g/mol. The van der Waals surface area contributed by atoms with Gasteiger partial charge >= 0.3 is 7.12 Å². The zero-order valence-electron chi connectivity index (χ0n) is 8.32. The molecule has 0 saturated heterocycles. The summed E-state index contributed by atoms with van der Waals surface area (Å²) in [5.74, 6) is 0.0988. The molecule has 0 aliphatic rings. The van der Waals surface area contributed by atoms with Crippen LogP contribution in [-0.2, 0) is 11.2 Å². The van der Waals surface area contributed by atoms with Crippen LogP contribution in [0.3, 0.4) is 0 Å². The molecular formula is C10H13BO3. The second-order valence-electron chi connectivity index (χ2n) is 3.44. The monoisotopic (exact) mass is 192 g/mol. The van der Waals surface area contributed by atoms with Gasteiger partial charge in [-0.1, -0.05) is 23.8 Å². The standard InChI is InChI=1S/C10H13BO3/c1-7-5-9(6-8(2)12)3-4-10(7)11(13)14/h3-5,13-14H,6H2,1-2H3. The average molecular weight is 192 g/mol. The van der Waals surface area contributed by atoms with Crippen molar-refractivity contribution in [1.29, 1.82) is 0 Å². The van der Waals surface area contributed by atoms with Crippen molar-refractivity contribution in [1.82, 2.24) is 0 Å². The highest BCUT2D eigenvalue weighted by Gasteiger charge is 2.13. The fraction of sp³-hybridized carbons (Fsp3) is 0.300. The number of rotatable bonds is 3. The lowest BCUT2D eigenvalue weighted by Crippen LogP contribution is -2.32. The van der Waals surface area contributed by atoms with E-state index in [4.69, 9.17) is 10.0 Å². The highest BCUT2D eigenvalue weighted by molar-refractivity contribution is 6.59. The van der Waals surface area contributed by atoms with Gasteiger partial charge in [0, 0.05) is 6.42 Å². The fourth-order valence-electron chi connectivity index (χ4n) is 1.42. The summed E-state index contributed by atoms with van der Waals surface area (Å²) in [6, 6.07) is 5.18. The minimum absolute atomic E-state index is 0.0988. The van der Waals surface area contributed by atoms with Crippen molar-refractivity contribution >= 4 is 18.4 Å². The summed E-state index contributed by atoms with van der Waals surface area (Å²) >= 11 is 0. The molecule has 0 fully saturated rings. The molecule has 0 amide bonds. The van der Waals surface area contributed by atoms with E-state index in [0.717, 1.165) is 11.1 Å². The van der Waals surface area contributed by atoms with Crippen LogP contribution in [0.5, 0.6) is 0 Å². The molecule has 14 heavy (non-hydrogen) atoms. The molecule has 1 rings (SSSR count). The molecule has 0 aliphatic carbocycles. The van der Waals surface area contributed by atoms with E-state index in [0.29, 0.717) is 11.9 Å². The van der Waals surface area contributed by atoms with Crippen molar-refractivity contribution in [3.05, 3.63) is 29.3 Å². The van der Waals surface area contributed by atoms with Gasteiger partial charge in [0.15, 0.2) is 0 Å². The molecule has 0 radical (unpaired) electrons. The van der Waals surface area contributed by atoms with Crippen LogP contribution in [0.2, 0.25) is 0 Å². The van der Waals surface area contributed by atoms with E-state index < -0.39 is 7.12 Å². The fourth-order valence-corrected chi connectivity index (χ4v) is 1.42. The first kappa shape index (κ1) is 11.0. The summed E-state index contributed by atoms with van der Waals surface area (Å²) in [4.78, 5) is 10.8. The molecule has 4 heteroatoms. The molecule has 1 aromatic rings. The highest BCUT2D eigenvalue weighted by Crippen LogP contribution is 2.04. The van der Waals surface area contributed by atoms with Crippen LogP contribution < -0.4 is 5.46 Å². The molecule has 0 unspecified atom stereocenters. The minimum Gasteiger partial charge on any atom is -0.423 e. The van der Waals surface area contributed by atoms with Gasteiger partial charge in [-0.25, -0.2) is 0 Å². The Bertz CT molecular complexity index is 347. The minimum atomic E-state index is -1.44. The van der Waals surface area contributed by atoms with Crippen molar-refractivity contribution in [3.63, 3.8) is 0 Å². The second kappa shape index (κ2) is 4.40. The Morgan fingerprint density at radius 3 is 2.50 bits per heavy atom. The van der Waals surface area contributed by atoms with Crippen LogP contribution in [0.4, 0.5) is 0 Å². The molecule has 0 aromatic heterocycles. The molecule has 0 heterocycles. The quantitative estimate of drug-likeness (QED) is 0.652. The zero-order valence-corrected chi connectivity index (χ0v) is 8.32. The van der Waals surface area contributed by atoms with Crippen LogP contribution in [0.1, 0.15) is 18.1 Å². The van der Waals surface area contributed by atoms with Gasteiger partial charge in [0.05, 0.1) is 0 Å². The van der Waals surface area contributed by atoms with Crippen molar-refractivity contribution in [3.8, 4) is 0 Å². The topological polar surface area (TPSA) is 57.5 Å². The van der Waals surface area contributed by atoms with Gasteiger partial charge in [0.2, 0.25) is 0 Å². The number of carbonyl (C=O) groups excluding carboxylic acids is 1. The number of aryl methyl sites for hydroxylation is 1. The van der Waals surface area contributed by atoms with Crippen LogP contribution in [0, 0.1) is 6.92 Å². The van der Waals surface area contributed by atoms with E-state index in [2.05, 4.69) is 0 Å². The Kier molecular flexibility index (Phi) is 3.44. The predicted octanol–water partition coefficient (Wildman–Crippen LogP) is -0.194. The maximum atomic E-state index is 10.8. The Hall–Kier alpha value is -1.13. The summed E-state index contributed by atoms with van der Waals surface area (Å²) in [5.41, 5.74) is 2.18. The molecule has 0 saturated carbocycles. The SMILES string of the molecule is CC(=O)Cc1ccc(B(O)O)c(C)c1. The molecule has 0 aliphatic heterocycles. The summed E-state index contributed by atoms with van der Waals surface area (Å²) in [7, 11) is -1.44. The lowest BCUT2D eigenvalue weighted by atomic mass is 9.77. The molecule has 1 aromatic carbocycles. The third-order valence-corrected chi connectivity index (χ3v) is 2.07. The van der Waals surface area contributed by atoms with Crippen molar-refractivity contribution in [2.24, 2.45) is 0 Å². The first-order valence-corrected chi connectivity index (χ1v) is 4.45. The van der Waals surface area contributed by atoms with Gasteiger partial charge in [-0.2, -0.15) is 0 Å². The smallest absolute Gasteiger partial charge is 0.423 e. The third-order valence-electron chi connectivity index (χ3n) is 2.07. The third kappa shape index (κ3) is 2.68. The Labute approximate surface area is 83.5 Å². The van der Waals surface area contributed by atoms with Gasteiger partial charge in [0.1, 0.15) is 5.78 Å². The van der Waals surface area contributed by atoms with Crippen molar-refractivity contribution in [2.75, 3.05) is 0 Å². The molecule has 0 spiro atoms. The number of Topliss-reactive ketones (excluding diaryl/α,β-unsaturated/α-hetero) is 1. The number of carbonyl (C=O) groups is 1. The van der Waals surface area contributed by atoms with E-state index >= 15 is 0 Å². The first-order chi connectivity index (χ1) is 6.50. The van der Waals surface area contributed by atoms with Gasteiger partial charge in [-0.05, 0) is 24.9 Å². The Balaban J connectivity index is 2.94. The van der Waals surface area contributed by atoms with E-state index in [-0.39, 0.29) is 5.78 Å². The zero-order chi connectivity index (χ0) is 10.7. The van der Waals surface area contributed by atoms with Crippen molar-refractivity contribution < 1.29 is 14.8 Å². The van der Waals surface area contributed by atoms with E-state index in [9.17, 15) is 4.79 Å². The maximum absolute atomic E-state index is 10.8.